The normalized spacial score (nSPS) is 10.4. The Hall–Kier alpha value is -2.02. The van der Waals surface area contributed by atoms with Crippen LogP contribution in [-0.4, -0.2) is 21.9 Å². The van der Waals surface area contributed by atoms with Crippen LogP contribution in [0.4, 0.5) is 0 Å². The minimum Gasteiger partial charge on any atom is -0.484 e. The highest BCUT2D eigenvalue weighted by Crippen LogP contribution is 2.17. The smallest absolute Gasteiger partial charge is 0.277 e. The van der Waals surface area contributed by atoms with Crippen molar-refractivity contribution in [3.05, 3.63) is 35.7 Å². The van der Waals surface area contributed by atoms with E-state index in [0.29, 0.717) is 11.1 Å². The molecule has 0 unspecified atom stereocenters. The van der Waals surface area contributed by atoms with Gasteiger partial charge in [-0.2, -0.15) is 0 Å². The number of hydrogen-bond acceptors (Lipinski definition) is 6. The van der Waals surface area contributed by atoms with E-state index in [-0.39, 0.29) is 12.4 Å². The second kappa shape index (κ2) is 6.24. The molecule has 0 saturated carbocycles. The van der Waals surface area contributed by atoms with Crippen molar-refractivity contribution < 1.29 is 13.9 Å². The molecule has 2 aromatic rings. The fourth-order valence-electron chi connectivity index (χ4n) is 1.34. The van der Waals surface area contributed by atoms with Crippen LogP contribution in [0.1, 0.15) is 11.5 Å². The summed E-state index contributed by atoms with van der Waals surface area (Å²) in [5.74, 6) is 0.777. The van der Waals surface area contributed by atoms with Crippen LogP contribution >= 0.6 is 11.8 Å². The highest BCUT2D eigenvalue weighted by molar-refractivity contribution is 7.99. The van der Waals surface area contributed by atoms with Crippen LogP contribution in [-0.2, 0) is 11.4 Å². The zero-order valence-electron chi connectivity index (χ0n) is 10.3. The maximum atomic E-state index is 10.6. The van der Waals surface area contributed by atoms with Gasteiger partial charge in [0.25, 0.3) is 11.1 Å². The molecule has 0 radical (unpaired) electrons. The number of aromatic nitrogens is 2. The summed E-state index contributed by atoms with van der Waals surface area (Å²) in [7, 11) is 0. The molecule has 6 nitrogen and oxygen atoms in total. The topological polar surface area (TPSA) is 91.2 Å². The van der Waals surface area contributed by atoms with E-state index in [1.807, 2.05) is 31.2 Å². The van der Waals surface area contributed by atoms with Crippen LogP contribution in [0.3, 0.4) is 0 Å². The predicted molar refractivity (Wildman–Crippen MR) is 69.7 cm³/mol. The molecule has 0 saturated heterocycles. The molecule has 19 heavy (non-hydrogen) atoms. The molecule has 0 bridgehead atoms. The fourth-order valence-corrected chi connectivity index (χ4v) is 1.86. The van der Waals surface area contributed by atoms with Gasteiger partial charge in [0.05, 0.1) is 5.75 Å². The Morgan fingerprint density at radius 1 is 1.47 bits per heavy atom. The summed E-state index contributed by atoms with van der Waals surface area (Å²) in [6.07, 6.45) is 0. The van der Waals surface area contributed by atoms with Gasteiger partial charge in [0.15, 0.2) is 6.61 Å². The monoisotopic (exact) mass is 279 g/mol. The van der Waals surface area contributed by atoms with Crippen molar-refractivity contribution in [1.82, 2.24) is 10.2 Å². The lowest BCUT2D eigenvalue weighted by atomic mass is 10.2. The SMILES string of the molecule is Cc1cccc(OCc2nnc(SCC(N)=O)o2)c1. The molecule has 0 atom stereocenters. The number of ether oxygens (including phenoxy) is 1. The molecule has 0 aliphatic carbocycles. The number of amides is 1. The molecule has 2 N–H and O–H groups in total. The number of nitrogens with zero attached hydrogens (tertiary/aromatic N) is 2. The molecule has 0 aliphatic rings. The second-order valence-corrected chi connectivity index (χ2v) is 4.75. The Balaban J connectivity index is 1.88. The largest absolute Gasteiger partial charge is 0.484 e. The molecule has 1 amide bonds. The van der Waals surface area contributed by atoms with Crippen molar-refractivity contribution in [1.29, 1.82) is 0 Å². The Morgan fingerprint density at radius 3 is 3.05 bits per heavy atom. The summed E-state index contributed by atoms with van der Waals surface area (Å²) in [4.78, 5) is 10.6. The van der Waals surface area contributed by atoms with Gasteiger partial charge in [0.1, 0.15) is 5.75 Å². The maximum Gasteiger partial charge on any atom is 0.277 e. The molecule has 100 valence electrons. The summed E-state index contributed by atoms with van der Waals surface area (Å²) in [6.45, 7) is 2.17. The average Bonchev–Trinajstić information content (AvgIpc) is 2.82. The van der Waals surface area contributed by atoms with Crippen molar-refractivity contribution in [3.8, 4) is 5.75 Å². The minimum absolute atomic E-state index is 0.111. The lowest BCUT2D eigenvalue weighted by molar-refractivity contribution is -0.115. The number of nitrogens with two attached hydrogens (primary N) is 1. The van der Waals surface area contributed by atoms with Crippen molar-refractivity contribution in [2.24, 2.45) is 5.73 Å². The van der Waals surface area contributed by atoms with Gasteiger partial charge in [-0.15, -0.1) is 10.2 Å². The van der Waals surface area contributed by atoms with Crippen LogP contribution in [0.5, 0.6) is 5.75 Å². The summed E-state index contributed by atoms with van der Waals surface area (Å²) < 4.78 is 10.8. The molecule has 0 spiro atoms. The van der Waals surface area contributed by atoms with E-state index in [1.54, 1.807) is 0 Å². The highest BCUT2D eigenvalue weighted by atomic mass is 32.2. The molecule has 0 aliphatic heterocycles. The standard InChI is InChI=1S/C12H13N3O3S/c1-8-3-2-4-9(5-8)17-6-11-14-15-12(18-11)19-7-10(13)16/h2-5H,6-7H2,1H3,(H2,13,16). The number of carbonyl (C=O) groups is 1. The Morgan fingerprint density at radius 2 is 2.32 bits per heavy atom. The van der Waals surface area contributed by atoms with E-state index in [1.165, 1.54) is 0 Å². The van der Waals surface area contributed by atoms with Gasteiger partial charge < -0.3 is 14.9 Å². The van der Waals surface area contributed by atoms with Crippen LogP contribution < -0.4 is 10.5 Å². The number of benzene rings is 1. The number of rotatable bonds is 6. The van der Waals surface area contributed by atoms with Crippen LogP contribution in [0.15, 0.2) is 33.9 Å². The number of hydrogen-bond donors (Lipinski definition) is 1. The summed E-state index contributed by atoms with van der Waals surface area (Å²) in [6, 6.07) is 7.66. The van der Waals surface area contributed by atoms with E-state index < -0.39 is 5.91 Å². The average molecular weight is 279 g/mol. The second-order valence-electron chi connectivity index (χ2n) is 3.82. The molecule has 2 rings (SSSR count). The van der Waals surface area contributed by atoms with E-state index in [2.05, 4.69) is 10.2 Å². The molecule has 1 aromatic heterocycles. The van der Waals surface area contributed by atoms with Crippen LogP contribution in [0.25, 0.3) is 0 Å². The third-order valence-electron chi connectivity index (χ3n) is 2.14. The highest BCUT2D eigenvalue weighted by Gasteiger charge is 2.08. The van der Waals surface area contributed by atoms with Gasteiger partial charge >= 0.3 is 0 Å². The Kier molecular flexibility index (Phi) is 4.40. The number of thioether (sulfide) groups is 1. The van der Waals surface area contributed by atoms with Gasteiger partial charge in [-0.05, 0) is 24.6 Å². The molecule has 7 heteroatoms. The molecule has 1 aromatic carbocycles. The van der Waals surface area contributed by atoms with Crippen LogP contribution in [0, 0.1) is 6.92 Å². The summed E-state index contributed by atoms with van der Waals surface area (Å²) >= 11 is 1.10. The van der Waals surface area contributed by atoms with E-state index in [4.69, 9.17) is 14.9 Å². The third-order valence-corrected chi connectivity index (χ3v) is 2.98. The van der Waals surface area contributed by atoms with Gasteiger partial charge in [0, 0.05) is 0 Å². The Bertz CT molecular complexity index is 571. The molecular weight excluding hydrogens is 266 g/mol. The van der Waals surface area contributed by atoms with Crippen molar-refractivity contribution in [2.45, 2.75) is 18.8 Å². The lowest BCUT2D eigenvalue weighted by Gasteiger charge is -2.03. The molecule has 1 heterocycles. The first kappa shape index (κ1) is 13.4. The number of aryl methyl sites for hydroxylation is 1. The lowest BCUT2D eigenvalue weighted by Crippen LogP contribution is -2.12. The van der Waals surface area contributed by atoms with Crippen LogP contribution in [0.2, 0.25) is 0 Å². The van der Waals surface area contributed by atoms with Gasteiger partial charge in [-0.3, -0.25) is 4.79 Å². The molecule has 0 fully saturated rings. The zero-order chi connectivity index (χ0) is 13.7. The van der Waals surface area contributed by atoms with Gasteiger partial charge in [0.2, 0.25) is 5.91 Å². The number of carbonyl (C=O) groups excluding carboxylic acids is 1. The van der Waals surface area contributed by atoms with Gasteiger partial charge in [-0.25, -0.2) is 0 Å². The maximum absolute atomic E-state index is 10.6. The van der Waals surface area contributed by atoms with Crippen molar-refractivity contribution >= 4 is 17.7 Å². The van der Waals surface area contributed by atoms with E-state index >= 15 is 0 Å². The first-order valence-corrected chi connectivity index (χ1v) is 6.55. The third kappa shape index (κ3) is 4.29. The Labute approximate surface area is 114 Å². The zero-order valence-corrected chi connectivity index (χ0v) is 11.1. The van der Waals surface area contributed by atoms with Crippen molar-refractivity contribution in [2.75, 3.05) is 5.75 Å². The van der Waals surface area contributed by atoms with E-state index in [0.717, 1.165) is 23.1 Å². The number of primary amides is 1. The molecular formula is C12H13N3O3S. The minimum atomic E-state index is -0.430. The fraction of sp³-hybridized carbons (Fsp3) is 0.250. The summed E-state index contributed by atoms with van der Waals surface area (Å²) in [5, 5.41) is 7.90. The first-order chi connectivity index (χ1) is 9.13. The first-order valence-electron chi connectivity index (χ1n) is 5.56. The van der Waals surface area contributed by atoms with Gasteiger partial charge in [-0.1, -0.05) is 23.9 Å². The van der Waals surface area contributed by atoms with E-state index in [9.17, 15) is 4.79 Å². The quantitative estimate of drug-likeness (QED) is 0.806. The predicted octanol–water partition coefficient (Wildman–Crippen LogP) is 1.53. The summed E-state index contributed by atoms with van der Waals surface area (Å²) in [5.41, 5.74) is 6.13. The van der Waals surface area contributed by atoms with Crippen molar-refractivity contribution in [3.63, 3.8) is 0 Å².